The lowest BCUT2D eigenvalue weighted by Crippen LogP contribution is -2.46. The van der Waals surface area contributed by atoms with Gasteiger partial charge in [-0.05, 0) is 49.2 Å². The summed E-state index contributed by atoms with van der Waals surface area (Å²) in [6.45, 7) is 1.98. The van der Waals surface area contributed by atoms with Crippen LogP contribution in [0.5, 0.6) is 0 Å². The Bertz CT molecular complexity index is 1490. The van der Waals surface area contributed by atoms with Gasteiger partial charge in [0.25, 0.3) is 5.91 Å². The van der Waals surface area contributed by atoms with Crippen molar-refractivity contribution < 1.29 is 18.0 Å². The summed E-state index contributed by atoms with van der Waals surface area (Å²) in [4.78, 5) is 30.8. The van der Waals surface area contributed by atoms with Crippen LogP contribution in [0.3, 0.4) is 0 Å². The Morgan fingerprint density at radius 3 is 2.37 bits per heavy atom. The lowest BCUT2D eigenvalue weighted by Gasteiger charge is -2.27. The third kappa shape index (κ3) is 4.26. The molecule has 8 heteroatoms. The van der Waals surface area contributed by atoms with E-state index in [0.29, 0.717) is 12.1 Å². The highest BCUT2D eigenvalue weighted by Crippen LogP contribution is 2.30. The fraction of sp³-hybridized carbons (Fsp3) is 0.185. The number of aryl methyl sites for hydroxylation is 1. The molecule has 1 aliphatic rings. The molecule has 0 radical (unpaired) electrons. The van der Waals surface area contributed by atoms with Crippen molar-refractivity contribution in [2.45, 2.75) is 30.7 Å². The molecule has 2 heterocycles. The maximum atomic E-state index is 13.7. The maximum absolute atomic E-state index is 13.7. The Balaban J connectivity index is 1.50. The van der Waals surface area contributed by atoms with Crippen molar-refractivity contribution in [3.05, 3.63) is 96.2 Å². The summed E-state index contributed by atoms with van der Waals surface area (Å²) in [5.74, 6) is -0.943. The van der Waals surface area contributed by atoms with E-state index < -0.39 is 27.9 Å². The van der Waals surface area contributed by atoms with Crippen LogP contribution in [0, 0.1) is 6.92 Å². The summed E-state index contributed by atoms with van der Waals surface area (Å²) >= 11 is 0. The number of nitrogens with one attached hydrogen (secondary N) is 1. The van der Waals surface area contributed by atoms with Gasteiger partial charge in [0, 0.05) is 23.6 Å². The number of sulfonamides is 1. The summed E-state index contributed by atoms with van der Waals surface area (Å²) in [6, 6.07) is 21.8. The number of fused-ring (bicyclic) bond motifs is 1. The van der Waals surface area contributed by atoms with E-state index in [1.165, 1.54) is 16.4 Å². The fourth-order valence-corrected chi connectivity index (χ4v) is 6.15. The summed E-state index contributed by atoms with van der Waals surface area (Å²) in [7, 11) is -4.04. The maximum Gasteiger partial charge on any atom is 0.252 e. The van der Waals surface area contributed by atoms with E-state index in [2.05, 4.69) is 4.98 Å². The monoisotopic (exact) mass is 487 g/mol. The first-order chi connectivity index (χ1) is 16.9. The van der Waals surface area contributed by atoms with Gasteiger partial charge in [0.15, 0.2) is 0 Å². The van der Waals surface area contributed by atoms with E-state index in [1.807, 2.05) is 49.5 Å². The van der Waals surface area contributed by atoms with Crippen LogP contribution < -0.4 is 4.90 Å². The largest absolute Gasteiger partial charge is 0.361 e. The Labute approximate surface area is 204 Å². The van der Waals surface area contributed by atoms with E-state index in [-0.39, 0.29) is 17.9 Å². The first-order valence-electron chi connectivity index (χ1n) is 11.4. The van der Waals surface area contributed by atoms with Gasteiger partial charge in [-0.3, -0.25) is 9.59 Å². The van der Waals surface area contributed by atoms with Crippen molar-refractivity contribution in [3.63, 3.8) is 0 Å². The molecule has 0 bridgehead atoms. The standard InChI is InChI=1S/C27H25N3O4S/c1-19-11-13-21(14-12-19)30-26(31)17-25(27(30)32)29(35(33,34)22-7-3-2-4-8-22)16-15-20-18-28-24-10-6-5-9-23(20)24/h2-14,18,25,28H,15-17H2,1H3. The van der Waals surface area contributed by atoms with Gasteiger partial charge in [0.2, 0.25) is 15.9 Å². The summed E-state index contributed by atoms with van der Waals surface area (Å²) in [6.07, 6.45) is 2.05. The van der Waals surface area contributed by atoms with Crippen LogP contribution in [0.25, 0.3) is 10.9 Å². The summed E-state index contributed by atoms with van der Waals surface area (Å²) in [5, 5.41) is 1.000. The minimum absolute atomic E-state index is 0.0600. The quantitative estimate of drug-likeness (QED) is 0.399. The first kappa shape index (κ1) is 23.0. The van der Waals surface area contributed by atoms with Gasteiger partial charge in [-0.2, -0.15) is 4.31 Å². The van der Waals surface area contributed by atoms with Crippen LogP contribution >= 0.6 is 0 Å². The number of para-hydroxylation sites is 1. The zero-order valence-corrected chi connectivity index (χ0v) is 20.0. The van der Waals surface area contributed by atoms with E-state index in [9.17, 15) is 18.0 Å². The number of aromatic nitrogens is 1. The second-order valence-corrected chi connectivity index (χ2v) is 10.6. The van der Waals surface area contributed by atoms with Gasteiger partial charge in [-0.25, -0.2) is 13.3 Å². The number of rotatable bonds is 7. The molecule has 1 unspecified atom stereocenters. The second-order valence-electron chi connectivity index (χ2n) is 8.66. The van der Waals surface area contributed by atoms with Gasteiger partial charge in [0.1, 0.15) is 6.04 Å². The average molecular weight is 488 g/mol. The Morgan fingerprint density at radius 1 is 0.943 bits per heavy atom. The van der Waals surface area contributed by atoms with Crippen LogP contribution in [0.2, 0.25) is 0 Å². The van der Waals surface area contributed by atoms with Crippen LogP contribution in [-0.2, 0) is 26.0 Å². The molecule has 5 rings (SSSR count). The van der Waals surface area contributed by atoms with Gasteiger partial charge < -0.3 is 4.98 Å². The molecule has 4 aromatic rings. The van der Waals surface area contributed by atoms with Gasteiger partial charge in [-0.15, -0.1) is 0 Å². The molecule has 1 saturated heterocycles. The lowest BCUT2D eigenvalue weighted by atomic mass is 10.1. The molecule has 35 heavy (non-hydrogen) atoms. The van der Waals surface area contributed by atoms with Gasteiger partial charge >= 0.3 is 0 Å². The van der Waals surface area contributed by atoms with E-state index in [1.54, 1.807) is 30.3 Å². The molecule has 1 aromatic heterocycles. The average Bonchev–Trinajstić information content (AvgIpc) is 3.40. The molecular weight excluding hydrogens is 462 g/mol. The van der Waals surface area contributed by atoms with E-state index >= 15 is 0 Å². The minimum atomic E-state index is -4.04. The number of imide groups is 1. The number of hydrogen-bond donors (Lipinski definition) is 1. The Kier molecular flexibility index (Phi) is 6.00. The normalized spacial score (nSPS) is 16.5. The van der Waals surface area contributed by atoms with Crippen molar-refractivity contribution in [1.29, 1.82) is 0 Å². The number of nitrogens with zero attached hydrogens (tertiary/aromatic N) is 2. The molecule has 178 valence electrons. The number of carbonyl (C=O) groups excluding carboxylic acids is 2. The zero-order valence-electron chi connectivity index (χ0n) is 19.2. The molecular formula is C27H25N3O4S. The number of anilines is 1. The topological polar surface area (TPSA) is 90.6 Å². The number of hydrogen-bond acceptors (Lipinski definition) is 4. The molecule has 1 atom stereocenters. The SMILES string of the molecule is Cc1ccc(N2C(=O)CC(N(CCc3c[nH]c4ccccc34)S(=O)(=O)c3ccccc3)C2=O)cc1. The van der Waals surface area contributed by atoms with Crippen molar-refractivity contribution in [3.8, 4) is 0 Å². The summed E-state index contributed by atoms with van der Waals surface area (Å²) in [5.41, 5.74) is 3.34. The van der Waals surface area contributed by atoms with E-state index in [0.717, 1.165) is 26.9 Å². The number of carbonyl (C=O) groups is 2. The van der Waals surface area contributed by atoms with Crippen LogP contribution in [-0.4, -0.2) is 42.1 Å². The fourth-order valence-electron chi connectivity index (χ4n) is 4.55. The number of H-pyrrole nitrogens is 1. The highest BCUT2D eigenvalue weighted by Gasteiger charge is 2.46. The summed E-state index contributed by atoms with van der Waals surface area (Å²) < 4.78 is 28.6. The Hall–Kier alpha value is -3.75. The van der Waals surface area contributed by atoms with Crippen molar-refractivity contribution in [1.82, 2.24) is 9.29 Å². The predicted octanol–water partition coefficient (Wildman–Crippen LogP) is 4.04. The van der Waals surface area contributed by atoms with Crippen LogP contribution in [0.15, 0.2) is 90.0 Å². The second kappa shape index (κ2) is 9.13. The molecule has 0 spiro atoms. The molecule has 0 aliphatic carbocycles. The predicted molar refractivity (Wildman–Crippen MR) is 134 cm³/mol. The molecule has 1 aliphatic heterocycles. The van der Waals surface area contributed by atoms with Crippen LogP contribution in [0.1, 0.15) is 17.5 Å². The minimum Gasteiger partial charge on any atom is -0.361 e. The van der Waals surface area contributed by atoms with E-state index in [4.69, 9.17) is 0 Å². The lowest BCUT2D eigenvalue weighted by molar-refractivity contribution is -0.122. The third-order valence-electron chi connectivity index (χ3n) is 6.39. The molecule has 3 aromatic carbocycles. The van der Waals surface area contributed by atoms with Gasteiger partial charge in [-0.1, -0.05) is 54.1 Å². The molecule has 2 amide bonds. The molecule has 7 nitrogen and oxygen atoms in total. The van der Waals surface area contributed by atoms with Gasteiger partial charge in [0.05, 0.1) is 17.0 Å². The number of benzene rings is 3. The molecule has 0 saturated carbocycles. The van der Waals surface area contributed by atoms with Crippen molar-refractivity contribution in [2.75, 3.05) is 11.4 Å². The molecule has 1 N–H and O–H groups in total. The molecule has 1 fully saturated rings. The first-order valence-corrected chi connectivity index (χ1v) is 12.9. The third-order valence-corrected chi connectivity index (χ3v) is 8.31. The highest BCUT2D eigenvalue weighted by atomic mass is 32.2. The van der Waals surface area contributed by atoms with Crippen LogP contribution in [0.4, 0.5) is 5.69 Å². The number of amides is 2. The zero-order chi connectivity index (χ0) is 24.6. The van der Waals surface area contributed by atoms with Crippen molar-refractivity contribution in [2.24, 2.45) is 0 Å². The highest BCUT2D eigenvalue weighted by molar-refractivity contribution is 7.89. The number of aromatic amines is 1. The smallest absolute Gasteiger partial charge is 0.252 e. The Morgan fingerprint density at radius 2 is 1.63 bits per heavy atom. The van der Waals surface area contributed by atoms with Crippen molar-refractivity contribution >= 4 is 38.4 Å².